The van der Waals surface area contributed by atoms with Crippen LogP contribution in [-0.4, -0.2) is 13.1 Å². The van der Waals surface area contributed by atoms with Crippen LogP contribution in [0.3, 0.4) is 0 Å². The summed E-state index contributed by atoms with van der Waals surface area (Å²) < 4.78 is 13.4. The maximum absolute atomic E-state index is 13.0. The number of hydrogen-bond acceptors (Lipinski definition) is 1. The summed E-state index contributed by atoms with van der Waals surface area (Å²) in [4.78, 5) is 10.9. The molecule has 2 amide bonds. The van der Waals surface area contributed by atoms with E-state index in [4.69, 9.17) is 0 Å². The fraction of sp³-hybridized carbons (Fsp3) is 0.125. The summed E-state index contributed by atoms with van der Waals surface area (Å²) in [7, 11) is 1.50. The van der Waals surface area contributed by atoms with E-state index in [1.165, 1.54) is 13.1 Å². The predicted octanol–water partition coefficient (Wildman–Crippen LogP) is 2.18. The summed E-state index contributed by atoms with van der Waals surface area (Å²) >= 11 is 1.84. The van der Waals surface area contributed by atoms with E-state index in [1.54, 1.807) is 12.1 Å². The molecule has 0 aromatic heterocycles. The highest BCUT2D eigenvalue weighted by Gasteiger charge is 2.06. The van der Waals surface area contributed by atoms with Crippen molar-refractivity contribution in [1.82, 2.24) is 5.32 Å². The Morgan fingerprint density at radius 1 is 1.54 bits per heavy atom. The molecule has 0 saturated heterocycles. The van der Waals surface area contributed by atoms with Crippen molar-refractivity contribution in [3.63, 3.8) is 0 Å². The molecular formula is C8H8FIN2O. The van der Waals surface area contributed by atoms with Gasteiger partial charge in [0, 0.05) is 7.05 Å². The quantitative estimate of drug-likeness (QED) is 0.766. The molecule has 0 spiro atoms. The van der Waals surface area contributed by atoms with Crippen LogP contribution < -0.4 is 10.6 Å². The van der Waals surface area contributed by atoms with Crippen LogP contribution >= 0.6 is 22.6 Å². The molecule has 0 bridgehead atoms. The first-order chi connectivity index (χ1) is 6.15. The highest BCUT2D eigenvalue weighted by Crippen LogP contribution is 2.20. The molecule has 0 aliphatic rings. The minimum Gasteiger partial charge on any atom is -0.341 e. The normalized spacial score (nSPS) is 9.46. The fourth-order valence-corrected chi connectivity index (χ4v) is 1.28. The van der Waals surface area contributed by atoms with E-state index in [9.17, 15) is 9.18 Å². The van der Waals surface area contributed by atoms with Gasteiger partial charge in [-0.3, -0.25) is 0 Å². The van der Waals surface area contributed by atoms with Crippen molar-refractivity contribution in [1.29, 1.82) is 0 Å². The van der Waals surface area contributed by atoms with Crippen molar-refractivity contribution in [2.24, 2.45) is 0 Å². The molecule has 0 fully saturated rings. The Morgan fingerprint density at radius 2 is 2.23 bits per heavy atom. The summed E-state index contributed by atoms with van der Waals surface area (Å²) in [6, 6.07) is 4.17. The monoisotopic (exact) mass is 294 g/mol. The molecule has 0 saturated carbocycles. The number of carbonyl (C=O) groups excluding carboxylic acids is 1. The van der Waals surface area contributed by atoms with E-state index in [-0.39, 0.29) is 11.8 Å². The molecule has 13 heavy (non-hydrogen) atoms. The average Bonchev–Trinajstić information content (AvgIpc) is 2.13. The van der Waals surface area contributed by atoms with Crippen LogP contribution in [-0.2, 0) is 0 Å². The van der Waals surface area contributed by atoms with E-state index in [1.807, 2.05) is 22.6 Å². The fourth-order valence-electron chi connectivity index (χ4n) is 0.785. The van der Waals surface area contributed by atoms with Crippen molar-refractivity contribution in [3.05, 3.63) is 27.6 Å². The Hall–Kier alpha value is -0.850. The Labute approximate surface area is 88.8 Å². The zero-order valence-corrected chi connectivity index (χ0v) is 9.05. The smallest absolute Gasteiger partial charge is 0.319 e. The maximum Gasteiger partial charge on any atom is 0.319 e. The van der Waals surface area contributed by atoms with Crippen LogP contribution in [0.2, 0.25) is 0 Å². The van der Waals surface area contributed by atoms with Crippen molar-refractivity contribution >= 4 is 34.3 Å². The molecule has 0 unspecified atom stereocenters. The topological polar surface area (TPSA) is 41.1 Å². The second-order valence-electron chi connectivity index (χ2n) is 2.31. The van der Waals surface area contributed by atoms with Gasteiger partial charge < -0.3 is 10.6 Å². The second-order valence-corrected chi connectivity index (χ2v) is 3.38. The van der Waals surface area contributed by atoms with Crippen LogP contribution in [0.4, 0.5) is 14.9 Å². The van der Waals surface area contributed by atoms with Gasteiger partial charge in [-0.1, -0.05) is 6.07 Å². The molecule has 1 rings (SSSR count). The van der Waals surface area contributed by atoms with Gasteiger partial charge >= 0.3 is 6.03 Å². The number of urea groups is 1. The van der Waals surface area contributed by atoms with E-state index in [0.29, 0.717) is 9.26 Å². The molecular weight excluding hydrogens is 286 g/mol. The third kappa shape index (κ3) is 2.55. The summed E-state index contributed by atoms with van der Waals surface area (Å²) in [5, 5.41) is 4.89. The van der Waals surface area contributed by atoms with Crippen LogP contribution in [0.25, 0.3) is 0 Å². The lowest BCUT2D eigenvalue weighted by Gasteiger charge is -2.06. The lowest BCUT2D eigenvalue weighted by atomic mass is 10.3. The molecule has 1 aromatic carbocycles. The minimum absolute atomic E-state index is 0.338. The van der Waals surface area contributed by atoms with E-state index < -0.39 is 0 Å². The lowest BCUT2D eigenvalue weighted by Crippen LogP contribution is -2.25. The second kappa shape index (κ2) is 4.40. The Morgan fingerprint density at radius 3 is 2.85 bits per heavy atom. The first kappa shape index (κ1) is 10.2. The third-order valence-electron chi connectivity index (χ3n) is 1.43. The molecule has 1 aromatic rings. The first-order valence-corrected chi connectivity index (χ1v) is 4.65. The van der Waals surface area contributed by atoms with Crippen molar-refractivity contribution in [2.45, 2.75) is 0 Å². The number of nitrogens with one attached hydrogen (secondary N) is 2. The maximum atomic E-state index is 13.0. The Bertz CT molecular complexity index is 330. The summed E-state index contributed by atoms with van der Waals surface area (Å²) in [5.74, 6) is -0.338. The zero-order valence-electron chi connectivity index (χ0n) is 6.90. The van der Waals surface area contributed by atoms with Gasteiger partial charge in [-0.25, -0.2) is 9.18 Å². The van der Waals surface area contributed by atoms with Crippen LogP contribution in [0, 0.1) is 9.39 Å². The molecule has 2 N–H and O–H groups in total. The summed E-state index contributed by atoms with van der Waals surface area (Å²) in [5.41, 5.74) is 0.472. The van der Waals surface area contributed by atoms with Crippen molar-refractivity contribution in [3.8, 4) is 0 Å². The van der Waals surface area contributed by atoms with Gasteiger partial charge in [0.1, 0.15) is 5.82 Å². The zero-order chi connectivity index (χ0) is 9.84. The minimum atomic E-state index is -0.358. The number of benzene rings is 1. The van der Waals surface area contributed by atoms with Crippen LogP contribution in [0.5, 0.6) is 0 Å². The highest BCUT2D eigenvalue weighted by atomic mass is 127. The molecule has 0 heterocycles. The number of amides is 2. The van der Waals surface area contributed by atoms with Gasteiger partial charge in [-0.15, -0.1) is 0 Å². The first-order valence-electron chi connectivity index (χ1n) is 3.58. The standard InChI is InChI=1S/C8H8FIN2O/c1-11-8(13)12-6-4-2-3-5(9)7(6)10/h2-4H,1H3,(H2,11,12,13). The Balaban J connectivity index is 2.89. The number of carbonyl (C=O) groups is 1. The van der Waals surface area contributed by atoms with Crippen molar-refractivity contribution in [2.75, 3.05) is 12.4 Å². The van der Waals surface area contributed by atoms with Gasteiger partial charge in [-0.2, -0.15) is 0 Å². The van der Waals surface area contributed by atoms with E-state index in [0.717, 1.165) is 0 Å². The lowest BCUT2D eigenvalue weighted by molar-refractivity contribution is 0.254. The average molecular weight is 294 g/mol. The number of hydrogen-bond donors (Lipinski definition) is 2. The molecule has 0 aliphatic carbocycles. The number of rotatable bonds is 1. The Kier molecular flexibility index (Phi) is 3.47. The van der Waals surface area contributed by atoms with Gasteiger partial charge in [0.2, 0.25) is 0 Å². The molecule has 0 atom stereocenters. The molecule has 70 valence electrons. The SMILES string of the molecule is CNC(=O)Nc1cccc(F)c1I. The van der Waals surface area contributed by atoms with Gasteiger partial charge in [0.05, 0.1) is 9.26 Å². The third-order valence-corrected chi connectivity index (χ3v) is 2.52. The molecule has 3 nitrogen and oxygen atoms in total. The van der Waals surface area contributed by atoms with Crippen molar-refractivity contribution < 1.29 is 9.18 Å². The van der Waals surface area contributed by atoms with Crippen LogP contribution in [0.15, 0.2) is 18.2 Å². The van der Waals surface area contributed by atoms with Crippen LogP contribution in [0.1, 0.15) is 0 Å². The largest absolute Gasteiger partial charge is 0.341 e. The summed E-state index contributed by atoms with van der Waals surface area (Å²) in [6.45, 7) is 0. The number of anilines is 1. The number of halogens is 2. The van der Waals surface area contributed by atoms with Gasteiger partial charge in [0.25, 0.3) is 0 Å². The van der Waals surface area contributed by atoms with Gasteiger partial charge in [0.15, 0.2) is 0 Å². The van der Waals surface area contributed by atoms with E-state index in [2.05, 4.69) is 10.6 Å². The highest BCUT2D eigenvalue weighted by molar-refractivity contribution is 14.1. The predicted molar refractivity (Wildman–Crippen MR) is 57.2 cm³/mol. The summed E-state index contributed by atoms with van der Waals surface area (Å²) in [6.07, 6.45) is 0. The molecule has 0 radical (unpaired) electrons. The molecule has 5 heteroatoms. The van der Waals surface area contributed by atoms with E-state index >= 15 is 0 Å². The van der Waals surface area contributed by atoms with Gasteiger partial charge in [-0.05, 0) is 34.7 Å². The molecule has 0 aliphatic heterocycles.